The van der Waals surface area contributed by atoms with Crippen LogP contribution < -0.4 is 0 Å². The number of methoxy groups -OCH3 is 2. The zero-order valence-electron chi connectivity index (χ0n) is 17.6. The molecule has 2 aromatic carbocycles. The molecule has 0 aromatic heterocycles. The second-order valence-corrected chi connectivity index (χ2v) is 6.25. The third-order valence-electron chi connectivity index (χ3n) is 4.20. The number of nitrogens with zero attached hydrogens (tertiary/aromatic N) is 2. The van der Waals surface area contributed by atoms with E-state index in [9.17, 15) is 4.79 Å². The molecule has 0 radical (unpaired) electrons. The number of rotatable bonds is 10. The first kappa shape index (κ1) is 22.7. The maximum Gasteiger partial charge on any atom is 0.341 e. The molecule has 2 aromatic rings. The highest BCUT2D eigenvalue weighted by atomic mass is 16.6. The number of carbonyl (C=O) groups excluding carboxylic acids is 1. The summed E-state index contributed by atoms with van der Waals surface area (Å²) in [5.74, 6) is -0.499. The number of carbonyl (C=O) groups is 1. The molecule has 0 unspecified atom stereocenters. The molecule has 0 fully saturated rings. The lowest BCUT2D eigenvalue weighted by Gasteiger charge is -2.11. The van der Waals surface area contributed by atoms with Crippen LogP contribution in [0.5, 0.6) is 0 Å². The number of ether oxygens (including phenoxy) is 2. The van der Waals surface area contributed by atoms with Gasteiger partial charge in [0.15, 0.2) is 0 Å². The standard InChI is InChI=1S/C23H26N2O5/c1-17(22(25-29-4)14-18-10-6-5-7-11-18)24-30-15-19-12-8-9-13-20(19)21(16-27-2)23(26)28-3/h5-13,16H,14-15H2,1-4H3. The van der Waals surface area contributed by atoms with Crippen molar-refractivity contribution in [2.45, 2.75) is 20.0 Å². The topological polar surface area (TPSA) is 78.7 Å². The van der Waals surface area contributed by atoms with Gasteiger partial charge in [-0.1, -0.05) is 64.9 Å². The van der Waals surface area contributed by atoms with Crippen LogP contribution >= 0.6 is 0 Å². The predicted octanol–water partition coefficient (Wildman–Crippen LogP) is 3.98. The van der Waals surface area contributed by atoms with Crippen LogP contribution in [0.25, 0.3) is 5.57 Å². The number of hydrogen-bond acceptors (Lipinski definition) is 7. The monoisotopic (exact) mass is 410 g/mol. The smallest absolute Gasteiger partial charge is 0.341 e. The lowest BCUT2D eigenvalue weighted by atomic mass is 10.0. The molecule has 2 rings (SSSR count). The number of benzene rings is 2. The van der Waals surface area contributed by atoms with Gasteiger partial charge in [-0.25, -0.2) is 4.79 Å². The number of oxime groups is 2. The molecule has 0 spiro atoms. The van der Waals surface area contributed by atoms with Crippen LogP contribution in [-0.4, -0.2) is 38.7 Å². The Morgan fingerprint density at radius 3 is 2.33 bits per heavy atom. The van der Waals surface area contributed by atoms with Crippen LogP contribution in [0.3, 0.4) is 0 Å². The van der Waals surface area contributed by atoms with Crippen molar-refractivity contribution in [3.8, 4) is 0 Å². The van der Waals surface area contributed by atoms with E-state index in [4.69, 9.17) is 19.1 Å². The van der Waals surface area contributed by atoms with E-state index < -0.39 is 5.97 Å². The van der Waals surface area contributed by atoms with Crippen molar-refractivity contribution in [1.29, 1.82) is 0 Å². The van der Waals surface area contributed by atoms with Crippen molar-refractivity contribution >= 4 is 23.0 Å². The Kier molecular flexibility index (Phi) is 9.12. The van der Waals surface area contributed by atoms with Gasteiger partial charge in [-0.05, 0) is 18.1 Å². The highest BCUT2D eigenvalue weighted by molar-refractivity contribution is 6.41. The van der Waals surface area contributed by atoms with Gasteiger partial charge >= 0.3 is 5.97 Å². The molecule has 0 aliphatic rings. The molecule has 0 aliphatic heterocycles. The summed E-state index contributed by atoms with van der Waals surface area (Å²) < 4.78 is 9.88. The molecule has 0 N–H and O–H groups in total. The fourth-order valence-corrected chi connectivity index (χ4v) is 2.74. The van der Waals surface area contributed by atoms with Gasteiger partial charge in [-0.3, -0.25) is 0 Å². The molecule has 158 valence electrons. The highest BCUT2D eigenvalue weighted by Gasteiger charge is 2.17. The molecule has 0 saturated heterocycles. The lowest BCUT2D eigenvalue weighted by molar-refractivity contribution is -0.133. The van der Waals surface area contributed by atoms with E-state index in [1.807, 2.05) is 48.5 Å². The summed E-state index contributed by atoms with van der Waals surface area (Å²) in [7, 11) is 4.28. The summed E-state index contributed by atoms with van der Waals surface area (Å²) >= 11 is 0. The Balaban J connectivity index is 2.16. The van der Waals surface area contributed by atoms with Gasteiger partial charge in [-0.2, -0.15) is 0 Å². The lowest BCUT2D eigenvalue weighted by Crippen LogP contribution is -2.15. The average molecular weight is 410 g/mol. The predicted molar refractivity (Wildman–Crippen MR) is 116 cm³/mol. The molecule has 0 aliphatic carbocycles. The Morgan fingerprint density at radius 1 is 0.967 bits per heavy atom. The summed E-state index contributed by atoms with van der Waals surface area (Å²) in [6.45, 7) is 1.95. The van der Waals surface area contributed by atoms with Gasteiger partial charge < -0.3 is 19.1 Å². The highest BCUT2D eigenvalue weighted by Crippen LogP contribution is 2.21. The van der Waals surface area contributed by atoms with Crippen LogP contribution in [-0.2, 0) is 37.0 Å². The normalized spacial score (nSPS) is 12.3. The minimum atomic E-state index is -0.499. The first-order chi connectivity index (χ1) is 14.6. The molecule has 0 heterocycles. The average Bonchev–Trinajstić information content (AvgIpc) is 2.78. The van der Waals surface area contributed by atoms with Crippen molar-refractivity contribution in [3.63, 3.8) is 0 Å². The fraction of sp³-hybridized carbons (Fsp3) is 0.261. The van der Waals surface area contributed by atoms with E-state index in [1.165, 1.54) is 27.6 Å². The Morgan fingerprint density at radius 2 is 1.67 bits per heavy atom. The van der Waals surface area contributed by atoms with E-state index in [2.05, 4.69) is 10.3 Å². The van der Waals surface area contributed by atoms with Crippen molar-refractivity contribution in [1.82, 2.24) is 0 Å². The molecule has 0 bridgehead atoms. The summed E-state index contributed by atoms with van der Waals surface area (Å²) in [5, 5.41) is 8.25. The first-order valence-corrected chi connectivity index (χ1v) is 9.31. The second kappa shape index (κ2) is 12.1. The fourth-order valence-electron chi connectivity index (χ4n) is 2.74. The van der Waals surface area contributed by atoms with E-state index >= 15 is 0 Å². The summed E-state index contributed by atoms with van der Waals surface area (Å²) in [4.78, 5) is 22.6. The first-order valence-electron chi connectivity index (χ1n) is 9.31. The van der Waals surface area contributed by atoms with E-state index in [0.29, 0.717) is 29.0 Å². The number of hydrogen-bond donors (Lipinski definition) is 0. The minimum absolute atomic E-state index is 0.150. The molecular weight excluding hydrogens is 384 g/mol. The quantitative estimate of drug-likeness (QED) is 0.195. The van der Waals surface area contributed by atoms with Crippen molar-refractivity contribution < 1.29 is 23.9 Å². The van der Waals surface area contributed by atoms with Gasteiger partial charge in [0, 0.05) is 12.0 Å². The maximum atomic E-state index is 12.1. The SMILES string of the molecule is COC=C(C(=O)OC)c1ccccc1CON=C(C)C(Cc1ccccc1)=NOC. The number of esters is 1. The zero-order chi connectivity index (χ0) is 21.8. The molecule has 0 atom stereocenters. The summed E-state index contributed by atoms with van der Waals surface area (Å²) in [5.41, 5.74) is 4.04. The van der Waals surface area contributed by atoms with Gasteiger partial charge in [0.25, 0.3) is 0 Å². The van der Waals surface area contributed by atoms with Crippen LogP contribution in [0.1, 0.15) is 23.6 Å². The Hall–Kier alpha value is -3.61. The van der Waals surface area contributed by atoms with Crippen LogP contribution in [0.2, 0.25) is 0 Å². The van der Waals surface area contributed by atoms with Gasteiger partial charge in [0.1, 0.15) is 30.7 Å². The maximum absolute atomic E-state index is 12.1. The van der Waals surface area contributed by atoms with Gasteiger partial charge in [0.05, 0.1) is 20.5 Å². The molecule has 0 saturated carbocycles. The largest absolute Gasteiger partial charge is 0.503 e. The summed E-state index contributed by atoms with van der Waals surface area (Å²) in [6.07, 6.45) is 1.91. The third kappa shape index (κ3) is 6.48. The second-order valence-electron chi connectivity index (χ2n) is 6.25. The summed E-state index contributed by atoms with van der Waals surface area (Å²) in [6, 6.07) is 17.2. The Bertz CT molecular complexity index is 920. The van der Waals surface area contributed by atoms with Crippen molar-refractivity contribution in [2.24, 2.45) is 10.3 Å². The van der Waals surface area contributed by atoms with Crippen LogP contribution in [0.4, 0.5) is 0 Å². The van der Waals surface area contributed by atoms with E-state index in [0.717, 1.165) is 11.1 Å². The third-order valence-corrected chi connectivity index (χ3v) is 4.20. The van der Waals surface area contributed by atoms with E-state index in [-0.39, 0.29) is 6.61 Å². The van der Waals surface area contributed by atoms with Crippen LogP contribution in [0.15, 0.2) is 71.2 Å². The molecule has 0 amide bonds. The minimum Gasteiger partial charge on any atom is -0.503 e. The van der Waals surface area contributed by atoms with Crippen molar-refractivity contribution in [3.05, 3.63) is 77.5 Å². The van der Waals surface area contributed by atoms with Gasteiger partial charge in [-0.15, -0.1) is 0 Å². The Labute approximate surface area is 176 Å². The molecule has 7 heteroatoms. The van der Waals surface area contributed by atoms with E-state index in [1.54, 1.807) is 13.0 Å². The molecular formula is C23H26N2O5. The molecule has 30 heavy (non-hydrogen) atoms. The van der Waals surface area contributed by atoms with Crippen LogP contribution in [0, 0.1) is 0 Å². The van der Waals surface area contributed by atoms with Crippen molar-refractivity contribution in [2.75, 3.05) is 21.3 Å². The van der Waals surface area contributed by atoms with Gasteiger partial charge in [0.2, 0.25) is 0 Å². The zero-order valence-corrected chi connectivity index (χ0v) is 17.6. The molecule has 7 nitrogen and oxygen atoms in total.